The molecule has 1 aromatic rings. The van der Waals surface area contributed by atoms with Crippen LogP contribution in [0.2, 0.25) is 0 Å². The second kappa shape index (κ2) is 7.65. The maximum Gasteiger partial charge on any atom is 0.230 e. The first-order valence-corrected chi connectivity index (χ1v) is 9.28. The molecular formula is C18H29N5O3. The van der Waals surface area contributed by atoms with Crippen LogP contribution >= 0.6 is 0 Å². The smallest absolute Gasteiger partial charge is 0.230 e. The summed E-state index contributed by atoms with van der Waals surface area (Å²) in [6, 6.07) is 1.81. The fourth-order valence-electron chi connectivity index (χ4n) is 3.91. The Balaban J connectivity index is 1.75. The molecule has 3 rings (SSSR count). The Morgan fingerprint density at radius 3 is 2.85 bits per heavy atom. The highest BCUT2D eigenvalue weighted by Gasteiger charge is 2.48. The lowest BCUT2D eigenvalue weighted by Crippen LogP contribution is -2.51. The first-order chi connectivity index (χ1) is 12.4. The Labute approximate surface area is 154 Å². The van der Waals surface area contributed by atoms with Gasteiger partial charge < -0.3 is 25.0 Å². The monoisotopic (exact) mass is 363 g/mol. The number of amides is 1. The molecule has 26 heavy (non-hydrogen) atoms. The molecule has 1 amide bonds. The Hall–Kier alpha value is -2.09. The van der Waals surface area contributed by atoms with Crippen LogP contribution in [0.3, 0.4) is 0 Å². The molecule has 0 aromatic carbocycles. The van der Waals surface area contributed by atoms with Crippen molar-refractivity contribution in [1.82, 2.24) is 14.9 Å². The van der Waals surface area contributed by atoms with E-state index in [1.807, 2.05) is 24.8 Å². The zero-order valence-electron chi connectivity index (χ0n) is 15.9. The molecule has 1 aromatic heterocycles. The van der Waals surface area contributed by atoms with Crippen molar-refractivity contribution in [2.45, 2.75) is 39.2 Å². The molecule has 3 heterocycles. The average molecular weight is 363 g/mol. The van der Waals surface area contributed by atoms with Crippen LogP contribution in [-0.2, 0) is 9.53 Å². The number of hydrogen-bond donors (Lipinski definition) is 1. The number of nitrogen functional groups attached to an aromatic ring is 1. The van der Waals surface area contributed by atoms with Gasteiger partial charge in [0.1, 0.15) is 5.82 Å². The van der Waals surface area contributed by atoms with Crippen LogP contribution in [0.4, 0.5) is 11.8 Å². The Morgan fingerprint density at radius 2 is 2.12 bits per heavy atom. The van der Waals surface area contributed by atoms with Crippen LogP contribution < -0.4 is 15.4 Å². The first-order valence-electron chi connectivity index (χ1n) is 9.28. The fraction of sp³-hybridized carbons (Fsp3) is 0.722. The molecule has 1 atom stereocenters. The molecular weight excluding hydrogens is 334 g/mol. The van der Waals surface area contributed by atoms with E-state index in [0.29, 0.717) is 25.6 Å². The van der Waals surface area contributed by atoms with Crippen molar-refractivity contribution in [2.24, 2.45) is 5.41 Å². The Bertz CT molecular complexity index is 654. The van der Waals surface area contributed by atoms with Crippen LogP contribution in [0.25, 0.3) is 0 Å². The molecule has 0 radical (unpaired) electrons. The number of rotatable bonds is 6. The molecule has 0 bridgehead atoms. The van der Waals surface area contributed by atoms with Gasteiger partial charge in [-0.1, -0.05) is 0 Å². The van der Waals surface area contributed by atoms with E-state index in [2.05, 4.69) is 14.9 Å². The summed E-state index contributed by atoms with van der Waals surface area (Å²) in [6.45, 7) is 7.37. The molecule has 2 aliphatic rings. The van der Waals surface area contributed by atoms with Gasteiger partial charge in [0, 0.05) is 39.4 Å². The van der Waals surface area contributed by atoms with Gasteiger partial charge in [0.05, 0.1) is 18.1 Å². The van der Waals surface area contributed by atoms with Gasteiger partial charge in [0.25, 0.3) is 0 Å². The fourth-order valence-corrected chi connectivity index (χ4v) is 3.91. The van der Waals surface area contributed by atoms with E-state index in [-0.39, 0.29) is 23.4 Å². The number of piperidine rings is 1. The first kappa shape index (κ1) is 18.7. The second-order valence-corrected chi connectivity index (χ2v) is 7.43. The van der Waals surface area contributed by atoms with Gasteiger partial charge in [0.2, 0.25) is 17.7 Å². The zero-order valence-corrected chi connectivity index (χ0v) is 15.9. The van der Waals surface area contributed by atoms with E-state index >= 15 is 0 Å². The van der Waals surface area contributed by atoms with E-state index < -0.39 is 0 Å². The number of methoxy groups -OCH3 is 1. The predicted octanol–water partition coefficient (Wildman–Crippen LogP) is 1.31. The van der Waals surface area contributed by atoms with Crippen molar-refractivity contribution < 1.29 is 14.3 Å². The molecule has 2 fully saturated rings. The highest BCUT2D eigenvalue weighted by molar-refractivity contribution is 5.85. The minimum Gasteiger partial charge on any atom is -0.475 e. The summed E-state index contributed by atoms with van der Waals surface area (Å²) >= 11 is 0. The number of ether oxygens (including phenoxy) is 2. The van der Waals surface area contributed by atoms with Crippen molar-refractivity contribution in [3.05, 3.63) is 6.07 Å². The predicted molar refractivity (Wildman–Crippen MR) is 99.2 cm³/mol. The van der Waals surface area contributed by atoms with Crippen LogP contribution in [0, 0.1) is 5.41 Å². The van der Waals surface area contributed by atoms with Gasteiger partial charge in [0.15, 0.2) is 0 Å². The highest BCUT2D eigenvalue weighted by atomic mass is 16.5. The molecule has 8 nitrogen and oxygen atoms in total. The summed E-state index contributed by atoms with van der Waals surface area (Å²) in [5.74, 6) is 1.63. The number of aromatic nitrogens is 2. The van der Waals surface area contributed by atoms with Gasteiger partial charge in [-0.15, -0.1) is 0 Å². The van der Waals surface area contributed by atoms with Crippen molar-refractivity contribution >= 4 is 17.7 Å². The Kier molecular flexibility index (Phi) is 5.50. The van der Waals surface area contributed by atoms with Crippen molar-refractivity contribution in [3.8, 4) is 5.88 Å². The average Bonchev–Trinajstić information content (AvgIpc) is 3.00. The quantitative estimate of drug-likeness (QED) is 0.814. The third-order valence-electron chi connectivity index (χ3n) is 5.13. The molecule has 2 N–H and O–H groups in total. The summed E-state index contributed by atoms with van der Waals surface area (Å²) in [7, 11) is 1.66. The van der Waals surface area contributed by atoms with Crippen LogP contribution in [-0.4, -0.2) is 66.8 Å². The molecule has 0 aliphatic carbocycles. The molecule has 0 saturated carbocycles. The topological polar surface area (TPSA) is 93.8 Å². The van der Waals surface area contributed by atoms with E-state index in [1.165, 1.54) is 0 Å². The number of nitrogens with zero attached hydrogens (tertiary/aromatic N) is 4. The maximum atomic E-state index is 13.1. The van der Waals surface area contributed by atoms with E-state index in [9.17, 15) is 4.79 Å². The lowest BCUT2D eigenvalue weighted by molar-refractivity contribution is -0.145. The van der Waals surface area contributed by atoms with Crippen LogP contribution in [0.1, 0.15) is 33.1 Å². The summed E-state index contributed by atoms with van der Waals surface area (Å²) in [4.78, 5) is 25.6. The van der Waals surface area contributed by atoms with Gasteiger partial charge in [-0.3, -0.25) is 4.79 Å². The minimum absolute atomic E-state index is 0.0105. The molecule has 144 valence electrons. The summed E-state index contributed by atoms with van der Waals surface area (Å²) in [5, 5.41) is 0. The maximum absolute atomic E-state index is 13.1. The molecule has 1 spiro atoms. The van der Waals surface area contributed by atoms with Crippen molar-refractivity contribution in [2.75, 3.05) is 50.5 Å². The third-order valence-corrected chi connectivity index (χ3v) is 5.13. The van der Waals surface area contributed by atoms with Crippen molar-refractivity contribution in [3.63, 3.8) is 0 Å². The number of nitrogens with two attached hydrogens (primary N) is 1. The number of anilines is 2. The van der Waals surface area contributed by atoms with E-state index in [4.69, 9.17) is 15.2 Å². The number of hydrogen-bond acceptors (Lipinski definition) is 7. The van der Waals surface area contributed by atoms with E-state index in [1.54, 1.807) is 7.11 Å². The van der Waals surface area contributed by atoms with Gasteiger partial charge in [-0.25, -0.2) is 0 Å². The molecule has 0 unspecified atom stereocenters. The largest absolute Gasteiger partial charge is 0.475 e. The summed E-state index contributed by atoms with van der Waals surface area (Å²) < 4.78 is 10.8. The standard InChI is InChI=1S/C18H29N5O3/c1-13(2)26-15-11-14(20-17(19)21-15)23-8-6-18(12-23)5-4-7-22(16(18)24)9-10-25-3/h11,13H,4-10,12H2,1-3H3,(H2,19,20,21)/t18-/m1/s1. The van der Waals surface area contributed by atoms with Gasteiger partial charge >= 0.3 is 0 Å². The van der Waals surface area contributed by atoms with E-state index in [0.717, 1.165) is 38.2 Å². The number of likely N-dealkylation sites (tertiary alicyclic amines) is 1. The highest BCUT2D eigenvalue weighted by Crippen LogP contribution is 2.41. The minimum atomic E-state index is -0.329. The van der Waals surface area contributed by atoms with Crippen molar-refractivity contribution in [1.29, 1.82) is 0 Å². The zero-order chi connectivity index (χ0) is 18.7. The lowest BCUT2D eigenvalue weighted by atomic mass is 9.78. The number of carbonyl (C=O) groups excluding carboxylic acids is 1. The summed E-state index contributed by atoms with van der Waals surface area (Å²) in [5.41, 5.74) is 5.53. The second-order valence-electron chi connectivity index (χ2n) is 7.43. The molecule has 2 saturated heterocycles. The van der Waals surface area contributed by atoms with Gasteiger partial charge in [-0.05, 0) is 33.1 Å². The van der Waals surface area contributed by atoms with Crippen LogP contribution in [0.5, 0.6) is 5.88 Å². The molecule has 8 heteroatoms. The lowest BCUT2D eigenvalue weighted by Gasteiger charge is -2.39. The number of carbonyl (C=O) groups is 1. The third kappa shape index (κ3) is 3.85. The summed E-state index contributed by atoms with van der Waals surface area (Å²) in [6.07, 6.45) is 2.79. The van der Waals surface area contributed by atoms with Gasteiger partial charge in [-0.2, -0.15) is 9.97 Å². The normalized spacial score (nSPS) is 23.3. The van der Waals surface area contributed by atoms with Crippen LogP contribution in [0.15, 0.2) is 6.07 Å². The Morgan fingerprint density at radius 1 is 1.31 bits per heavy atom. The molecule has 2 aliphatic heterocycles. The SMILES string of the molecule is COCCN1CCC[C@]2(CCN(c3cc(OC(C)C)nc(N)n3)C2)C1=O.